The third-order valence-electron chi connectivity index (χ3n) is 3.43. The van der Waals surface area contributed by atoms with Gasteiger partial charge in [-0.1, -0.05) is 6.07 Å². The molecule has 1 aliphatic carbocycles. The molecule has 0 heterocycles. The van der Waals surface area contributed by atoms with Crippen LogP contribution in [0.25, 0.3) is 0 Å². The Kier molecular flexibility index (Phi) is 4.52. The predicted octanol–water partition coefficient (Wildman–Crippen LogP) is 1.97. The number of nitrogens with zero attached hydrogens (tertiary/aromatic N) is 2. The van der Waals surface area contributed by atoms with Crippen molar-refractivity contribution in [2.24, 2.45) is 0 Å². The fourth-order valence-corrected chi connectivity index (χ4v) is 2.15. The second-order valence-electron chi connectivity index (χ2n) is 4.74. The molecule has 0 aromatic heterocycles. The molecule has 0 saturated heterocycles. The number of hydrogen-bond donors (Lipinski definition) is 2. The van der Waals surface area contributed by atoms with Crippen molar-refractivity contribution in [3.8, 4) is 0 Å². The van der Waals surface area contributed by atoms with E-state index in [0.29, 0.717) is 5.69 Å². The lowest BCUT2D eigenvalue weighted by molar-refractivity contribution is -0.384. The van der Waals surface area contributed by atoms with Crippen molar-refractivity contribution in [1.29, 1.82) is 0 Å². The Labute approximate surface area is 116 Å². The number of anilines is 1. The second-order valence-corrected chi connectivity index (χ2v) is 4.74. The van der Waals surface area contributed by atoms with E-state index in [0.717, 1.165) is 19.3 Å². The standard InChI is InChI=1S/C13H17N3O4/c17-8-7-15(11-4-2-5-11)13(18)14-10-3-1-6-12(9-10)16(19)20/h1,3,6,9,11,17H,2,4-5,7-8H2,(H,14,18). The molecule has 2 rings (SSSR count). The molecule has 1 aromatic carbocycles. The van der Waals surface area contributed by atoms with Gasteiger partial charge >= 0.3 is 6.03 Å². The Morgan fingerprint density at radius 1 is 1.50 bits per heavy atom. The van der Waals surface area contributed by atoms with Gasteiger partial charge in [0.05, 0.1) is 11.5 Å². The third-order valence-corrected chi connectivity index (χ3v) is 3.43. The zero-order valence-corrected chi connectivity index (χ0v) is 11.0. The maximum Gasteiger partial charge on any atom is 0.322 e. The molecule has 7 nitrogen and oxygen atoms in total. The summed E-state index contributed by atoms with van der Waals surface area (Å²) in [6, 6.07) is 5.63. The summed E-state index contributed by atoms with van der Waals surface area (Å²) in [5, 5.41) is 22.4. The highest BCUT2D eigenvalue weighted by atomic mass is 16.6. The quantitative estimate of drug-likeness (QED) is 0.636. The maximum absolute atomic E-state index is 12.2. The number of aliphatic hydroxyl groups is 1. The lowest BCUT2D eigenvalue weighted by Crippen LogP contribution is -2.47. The van der Waals surface area contributed by atoms with E-state index in [9.17, 15) is 14.9 Å². The highest BCUT2D eigenvalue weighted by Gasteiger charge is 2.28. The molecule has 108 valence electrons. The number of carbonyl (C=O) groups excluding carboxylic acids is 1. The number of nitrogens with one attached hydrogen (secondary N) is 1. The topological polar surface area (TPSA) is 95.7 Å². The molecule has 1 fully saturated rings. The average molecular weight is 279 g/mol. The van der Waals surface area contributed by atoms with Crippen LogP contribution in [-0.2, 0) is 0 Å². The number of benzene rings is 1. The number of non-ortho nitro benzene ring substituents is 1. The van der Waals surface area contributed by atoms with Gasteiger partial charge in [0.15, 0.2) is 0 Å². The Hall–Kier alpha value is -2.15. The molecule has 7 heteroatoms. The van der Waals surface area contributed by atoms with Gasteiger partial charge in [0.2, 0.25) is 0 Å². The molecule has 0 atom stereocenters. The minimum atomic E-state index is -0.507. The van der Waals surface area contributed by atoms with Crippen molar-refractivity contribution in [1.82, 2.24) is 4.90 Å². The van der Waals surface area contributed by atoms with E-state index in [1.54, 1.807) is 11.0 Å². The molecule has 0 radical (unpaired) electrons. The van der Waals surface area contributed by atoms with Gasteiger partial charge in [0, 0.05) is 30.4 Å². The summed E-state index contributed by atoms with van der Waals surface area (Å²) >= 11 is 0. The SMILES string of the molecule is O=C(Nc1cccc([N+](=O)[O-])c1)N(CCO)C1CCC1. The van der Waals surface area contributed by atoms with Crippen LogP contribution in [0.2, 0.25) is 0 Å². The molecule has 0 bridgehead atoms. The molecule has 0 unspecified atom stereocenters. The van der Waals surface area contributed by atoms with Gasteiger partial charge in [-0.05, 0) is 25.3 Å². The number of amides is 2. The lowest BCUT2D eigenvalue weighted by Gasteiger charge is -2.37. The highest BCUT2D eigenvalue weighted by Crippen LogP contribution is 2.25. The monoisotopic (exact) mass is 279 g/mol. The van der Waals surface area contributed by atoms with Crippen LogP contribution in [0, 0.1) is 10.1 Å². The van der Waals surface area contributed by atoms with Crippen LogP contribution in [0.5, 0.6) is 0 Å². The number of carbonyl (C=O) groups is 1. The summed E-state index contributed by atoms with van der Waals surface area (Å²) < 4.78 is 0. The molecular weight excluding hydrogens is 262 g/mol. The van der Waals surface area contributed by atoms with Gasteiger partial charge in [0.1, 0.15) is 0 Å². The number of aliphatic hydroxyl groups excluding tert-OH is 1. The van der Waals surface area contributed by atoms with E-state index < -0.39 is 4.92 Å². The molecule has 2 amide bonds. The second kappa shape index (κ2) is 6.33. The maximum atomic E-state index is 12.2. The van der Waals surface area contributed by atoms with Crippen LogP contribution in [0.3, 0.4) is 0 Å². The fraction of sp³-hybridized carbons (Fsp3) is 0.462. The first kappa shape index (κ1) is 14.3. The first-order valence-corrected chi connectivity index (χ1v) is 6.55. The largest absolute Gasteiger partial charge is 0.395 e. The Bertz CT molecular complexity index is 502. The van der Waals surface area contributed by atoms with E-state index in [1.807, 2.05) is 0 Å². The van der Waals surface area contributed by atoms with Crippen LogP contribution in [0.1, 0.15) is 19.3 Å². The summed E-state index contributed by atoms with van der Waals surface area (Å²) in [5.41, 5.74) is 0.312. The number of urea groups is 1. The van der Waals surface area contributed by atoms with Crippen molar-refractivity contribution in [3.05, 3.63) is 34.4 Å². The number of rotatable bonds is 5. The number of hydrogen-bond acceptors (Lipinski definition) is 4. The number of nitro benzene ring substituents is 1. The van der Waals surface area contributed by atoms with Crippen LogP contribution < -0.4 is 5.32 Å². The Morgan fingerprint density at radius 2 is 2.25 bits per heavy atom. The Morgan fingerprint density at radius 3 is 2.80 bits per heavy atom. The van der Waals surface area contributed by atoms with E-state index in [1.165, 1.54) is 18.2 Å². The van der Waals surface area contributed by atoms with Crippen LogP contribution in [0.15, 0.2) is 24.3 Å². The highest BCUT2D eigenvalue weighted by molar-refractivity contribution is 5.90. The van der Waals surface area contributed by atoms with E-state index in [-0.39, 0.29) is 30.9 Å². The summed E-state index contributed by atoms with van der Waals surface area (Å²) in [6.07, 6.45) is 2.95. The number of nitro groups is 1. The summed E-state index contributed by atoms with van der Waals surface area (Å²) in [5.74, 6) is 0. The van der Waals surface area contributed by atoms with E-state index in [2.05, 4.69) is 5.32 Å². The van der Waals surface area contributed by atoms with Crippen molar-refractivity contribution in [2.75, 3.05) is 18.5 Å². The van der Waals surface area contributed by atoms with Crippen LogP contribution in [0.4, 0.5) is 16.2 Å². The molecule has 2 N–H and O–H groups in total. The van der Waals surface area contributed by atoms with E-state index in [4.69, 9.17) is 5.11 Å². The average Bonchev–Trinajstić information content (AvgIpc) is 2.36. The molecule has 0 aliphatic heterocycles. The normalized spacial score (nSPS) is 14.4. The van der Waals surface area contributed by atoms with Crippen LogP contribution in [-0.4, -0.2) is 40.2 Å². The molecule has 1 aliphatic rings. The molecule has 1 aromatic rings. The summed E-state index contributed by atoms with van der Waals surface area (Å²) in [7, 11) is 0. The van der Waals surface area contributed by atoms with Crippen molar-refractivity contribution < 1.29 is 14.8 Å². The van der Waals surface area contributed by atoms with Crippen molar-refractivity contribution in [2.45, 2.75) is 25.3 Å². The first-order chi connectivity index (χ1) is 9.61. The lowest BCUT2D eigenvalue weighted by atomic mass is 9.92. The van der Waals surface area contributed by atoms with Gasteiger partial charge < -0.3 is 15.3 Å². The smallest absolute Gasteiger partial charge is 0.322 e. The summed E-state index contributed by atoms with van der Waals surface area (Å²) in [6.45, 7) is 0.171. The van der Waals surface area contributed by atoms with E-state index >= 15 is 0 Å². The zero-order chi connectivity index (χ0) is 14.5. The third kappa shape index (κ3) is 3.24. The van der Waals surface area contributed by atoms with Crippen molar-refractivity contribution in [3.63, 3.8) is 0 Å². The minimum Gasteiger partial charge on any atom is -0.395 e. The van der Waals surface area contributed by atoms with Crippen molar-refractivity contribution >= 4 is 17.4 Å². The fourth-order valence-electron chi connectivity index (χ4n) is 2.15. The molecular formula is C13H17N3O4. The van der Waals surface area contributed by atoms with Gasteiger partial charge in [-0.25, -0.2) is 4.79 Å². The van der Waals surface area contributed by atoms with Gasteiger partial charge in [-0.15, -0.1) is 0 Å². The zero-order valence-electron chi connectivity index (χ0n) is 11.0. The van der Waals surface area contributed by atoms with Gasteiger partial charge in [0.25, 0.3) is 5.69 Å². The van der Waals surface area contributed by atoms with Gasteiger partial charge in [-0.3, -0.25) is 10.1 Å². The molecule has 0 spiro atoms. The predicted molar refractivity (Wildman–Crippen MR) is 73.5 cm³/mol. The summed E-state index contributed by atoms with van der Waals surface area (Å²) in [4.78, 5) is 23.9. The molecule has 20 heavy (non-hydrogen) atoms. The minimum absolute atomic E-state index is 0.0693. The van der Waals surface area contributed by atoms with Gasteiger partial charge in [-0.2, -0.15) is 0 Å². The van der Waals surface area contributed by atoms with Crippen LogP contribution >= 0.6 is 0 Å². The molecule has 1 saturated carbocycles. The first-order valence-electron chi connectivity index (χ1n) is 6.55. The Balaban J connectivity index is 2.05.